The molecule has 0 aliphatic heterocycles. The number of rotatable bonds is 6. The summed E-state index contributed by atoms with van der Waals surface area (Å²) in [5.74, 6) is 0. The van der Waals surface area contributed by atoms with Gasteiger partial charge in [0, 0.05) is 0 Å². The van der Waals surface area contributed by atoms with Gasteiger partial charge in [-0.15, -0.1) is 0 Å². The molecule has 0 saturated carbocycles. The molecule has 4 aromatic carbocycles. The Morgan fingerprint density at radius 2 is 0.667 bits per heavy atom. The summed E-state index contributed by atoms with van der Waals surface area (Å²) in [5.41, 5.74) is -2.35. The van der Waals surface area contributed by atoms with Crippen LogP contribution in [0, 0.1) is 0 Å². The Balaban J connectivity index is 1.83. The Hall–Kier alpha value is -2.08. The van der Waals surface area contributed by atoms with Crippen LogP contribution in [0.25, 0.3) is 0 Å². The fraction of sp³-hybridized carbons (Fsp3) is 0. The van der Waals surface area contributed by atoms with E-state index in [1.54, 1.807) is 0 Å². The topological polar surface area (TPSA) is 41.6 Å². The Bertz CT molecular complexity index is 1260. The molecule has 0 bridgehead atoms. The number of aromatic amines is 1. The first kappa shape index (κ1) is 22.7. The maximum atomic E-state index is 4.85. The number of hydrogen-bond donors (Lipinski definition) is 1. The first-order chi connectivity index (χ1) is 16.1. The molecule has 0 atom stereocenters. The van der Waals surface area contributed by atoms with E-state index in [0.29, 0.717) is 0 Å². The van der Waals surface area contributed by atoms with Crippen LogP contribution in [0.15, 0.2) is 121 Å². The third kappa shape index (κ3) is 4.05. The van der Waals surface area contributed by atoms with Gasteiger partial charge in [0.25, 0.3) is 0 Å². The van der Waals surface area contributed by atoms with Crippen molar-refractivity contribution in [2.24, 2.45) is 0 Å². The molecule has 5 aromatic rings. The van der Waals surface area contributed by atoms with Gasteiger partial charge >= 0.3 is 210 Å². The van der Waals surface area contributed by atoms with Crippen LogP contribution in [0.1, 0.15) is 0 Å². The van der Waals surface area contributed by atoms with Crippen LogP contribution in [0.4, 0.5) is 0 Å². The molecule has 0 saturated heterocycles. The SMILES string of the molecule is [Se]=P(c1ccccc1)(c1ccccc1)c1n[nH]nc1P(=[Se])(c1ccccc1)c1ccccc1. The van der Waals surface area contributed by atoms with E-state index in [0.717, 1.165) is 10.9 Å². The van der Waals surface area contributed by atoms with Gasteiger partial charge in [-0.3, -0.25) is 0 Å². The molecule has 0 spiro atoms. The molecule has 0 radical (unpaired) electrons. The van der Waals surface area contributed by atoms with Gasteiger partial charge in [0.1, 0.15) is 0 Å². The number of benzene rings is 4. The van der Waals surface area contributed by atoms with Crippen molar-refractivity contribution >= 4 is 73.3 Å². The zero-order chi connectivity index (χ0) is 22.7. The fourth-order valence-electron chi connectivity index (χ4n) is 3.98. The van der Waals surface area contributed by atoms with E-state index in [1.807, 2.05) is 0 Å². The van der Waals surface area contributed by atoms with E-state index in [4.69, 9.17) is 10.2 Å². The van der Waals surface area contributed by atoms with Crippen LogP contribution in [-0.4, -0.2) is 45.6 Å². The van der Waals surface area contributed by atoms with E-state index in [1.165, 1.54) is 21.2 Å². The van der Waals surface area contributed by atoms with Crippen LogP contribution in [0.3, 0.4) is 0 Å². The van der Waals surface area contributed by atoms with Crippen molar-refractivity contribution in [3.8, 4) is 0 Å². The molecule has 162 valence electrons. The Morgan fingerprint density at radius 3 is 0.909 bits per heavy atom. The normalized spacial score (nSPS) is 11.9. The predicted molar refractivity (Wildman–Crippen MR) is 145 cm³/mol. The minimum absolute atomic E-state index is 1.000. The molecule has 0 amide bonds. The van der Waals surface area contributed by atoms with Crippen LogP contribution < -0.4 is 32.1 Å². The first-order valence-electron chi connectivity index (χ1n) is 10.5. The summed E-state index contributed by atoms with van der Waals surface area (Å²) in [4.78, 5) is 0. The molecule has 5 rings (SSSR count). The molecule has 1 N–H and O–H groups in total. The van der Waals surface area contributed by atoms with Crippen LogP contribution in [0.2, 0.25) is 0 Å². The standard InChI is InChI=1S/C26H21N3P2Se2/c32-30(21-13-5-1-6-14-21,22-15-7-2-8-16-22)25-26(28-29-27-25)31(33,23-17-9-3-10-18-23)24-19-11-4-12-20-24/h1-20H,(H,27,28,29). The minimum atomic E-state index is -2.18. The van der Waals surface area contributed by atoms with Crippen LogP contribution in [0.5, 0.6) is 0 Å². The number of aromatic nitrogens is 3. The molecular weight excluding hydrogens is 574 g/mol. The zero-order valence-electron chi connectivity index (χ0n) is 17.7. The number of nitrogens with one attached hydrogen (secondary N) is 1. The molecular formula is C26H21N3P2Se2. The molecule has 0 aliphatic carbocycles. The molecule has 7 heteroatoms. The van der Waals surface area contributed by atoms with Crippen molar-refractivity contribution in [1.82, 2.24) is 15.4 Å². The van der Waals surface area contributed by atoms with Gasteiger partial charge in [0.15, 0.2) is 0 Å². The first-order valence-corrected chi connectivity index (χ1v) is 18.5. The summed E-state index contributed by atoms with van der Waals surface area (Å²) < 4.78 is 0. The third-order valence-corrected chi connectivity index (χ3v) is 19.2. The molecule has 0 unspecified atom stereocenters. The van der Waals surface area contributed by atoms with E-state index in [9.17, 15) is 0 Å². The summed E-state index contributed by atoms with van der Waals surface area (Å²) in [7, 11) is 0. The van der Waals surface area contributed by atoms with E-state index < -0.39 is 11.0 Å². The van der Waals surface area contributed by atoms with E-state index in [2.05, 4.69) is 157 Å². The van der Waals surface area contributed by atoms with Crippen molar-refractivity contribution in [3.05, 3.63) is 121 Å². The van der Waals surface area contributed by atoms with Crippen LogP contribution in [-0.2, 0) is 0 Å². The Kier molecular flexibility index (Phi) is 6.64. The van der Waals surface area contributed by atoms with Gasteiger partial charge in [-0.25, -0.2) is 0 Å². The fourth-order valence-corrected chi connectivity index (χ4v) is 15.4. The van der Waals surface area contributed by atoms with Gasteiger partial charge in [-0.2, -0.15) is 0 Å². The number of H-pyrrole nitrogens is 1. The molecule has 33 heavy (non-hydrogen) atoms. The maximum absolute atomic E-state index is 4.85. The predicted octanol–water partition coefficient (Wildman–Crippen LogP) is 2.56. The van der Waals surface area contributed by atoms with Crippen molar-refractivity contribution in [2.45, 2.75) is 0 Å². The van der Waals surface area contributed by atoms with E-state index >= 15 is 0 Å². The van der Waals surface area contributed by atoms with Crippen molar-refractivity contribution in [3.63, 3.8) is 0 Å². The van der Waals surface area contributed by atoms with Gasteiger partial charge < -0.3 is 0 Å². The second kappa shape index (κ2) is 9.65. The summed E-state index contributed by atoms with van der Waals surface area (Å²) in [6.45, 7) is 0. The number of nitrogens with zero attached hydrogens (tertiary/aromatic N) is 2. The Morgan fingerprint density at radius 1 is 0.424 bits per heavy atom. The molecule has 3 nitrogen and oxygen atoms in total. The zero-order valence-corrected chi connectivity index (χ0v) is 22.9. The average Bonchev–Trinajstić information content (AvgIpc) is 3.41. The summed E-state index contributed by atoms with van der Waals surface area (Å²) in [6, 6.07) is 42.6. The van der Waals surface area contributed by atoms with Gasteiger partial charge in [-0.05, 0) is 0 Å². The van der Waals surface area contributed by atoms with Gasteiger partial charge in [-0.1, -0.05) is 0 Å². The summed E-state index contributed by atoms with van der Waals surface area (Å²) in [5, 5.41) is 17.6. The van der Waals surface area contributed by atoms with Gasteiger partial charge in [0.05, 0.1) is 0 Å². The van der Waals surface area contributed by atoms with Gasteiger partial charge in [0.2, 0.25) is 0 Å². The van der Waals surface area contributed by atoms with Crippen molar-refractivity contribution in [1.29, 1.82) is 0 Å². The second-order valence-corrected chi connectivity index (χ2v) is 19.8. The third-order valence-electron chi connectivity index (χ3n) is 5.59. The average molecular weight is 595 g/mol. The van der Waals surface area contributed by atoms with Crippen molar-refractivity contribution < 1.29 is 0 Å². The number of hydrogen-bond acceptors (Lipinski definition) is 2. The molecule has 1 heterocycles. The molecule has 0 aliphatic rings. The monoisotopic (exact) mass is 597 g/mol. The van der Waals surface area contributed by atoms with E-state index in [-0.39, 0.29) is 0 Å². The molecule has 0 fully saturated rings. The second-order valence-electron chi connectivity index (χ2n) is 7.53. The Labute approximate surface area is 209 Å². The summed E-state index contributed by atoms with van der Waals surface area (Å²) in [6.07, 6.45) is 0. The molecule has 1 aromatic heterocycles. The van der Waals surface area contributed by atoms with Crippen LogP contribution >= 0.6 is 11.0 Å². The van der Waals surface area contributed by atoms with Crippen molar-refractivity contribution in [2.75, 3.05) is 0 Å². The summed E-state index contributed by atoms with van der Waals surface area (Å²) >= 11 is 7.27. The quantitative estimate of drug-likeness (QED) is 0.243.